The summed E-state index contributed by atoms with van der Waals surface area (Å²) in [4.78, 5) is 32.3. The summed E-state index contributed by atoms with van der Waals surface area (Å²) in [6, 6.07) is 16.5. The quantitative estimate of drug-likeness (QED) is 0.721. The molecule has 2 heterocycles. The molecule has 1 saturated heterocycles. The Hall–Kier alpha value is -2.51. The number of nitrogens with zero attached hydrogens (tertiary/aromatic N) is 3. The van der Waals surface area contributed by atoms with Crippen LogP contribution in [-0.4, -0.2) is 68.3 Å². The molecule has 1 fully saturated rings. The summed E-state index contributed by atoms with van der Waals surface area (Å²) < 4.78 is 0. The van der Waals surface area contributed by atoms with Crippen LogP contribution < -0.4 is 15.1 Å². The van der Waals surface area contributed by atoms with Gasteiger partial charge in [-0.15, -0.1) is 11.8 Å². The molecule has 0 saturated carbocycles. The standard InChI is InChI=1S/C24H30N4O2S/c1-19-5-4-6-20(17-19)27-15-13-26(14-16-27)12-10-25-23(29)9-11-28-21-7-2-3-8-22(21)31-18-24(28)30/h2-8,17H,9-16,18H2,1H3,(H,25,29). The monoisotopic (exact) mass is 438 g/mol. The number of piperazine rings is 1. The van der Waals surface area contributed by atoms with Crippen LogP contribution in [0.2, 0.25) is 0 Å². The second kappa shape index (κ2) is 10.2. The summed E-state index contributed by atoms with van der Waals surface area (Å²) in [5.41, 5.74) is 3.50. The van der Waals surface area contributed by atoms with E-state index < -0.39 is 0 Å². The van der Waals surface area contributed by atoms with E-state index >= 15 is 0 Å². The molecule has 0 bridgehead atoms. The van der Waals surface area contributed by atoms with E-state index in [4.69, 9.17) is 0 Å². The van der Waals surface area contributed by atoms with Gasteiger partial charge < -0.3 is 15.1 Å². The number of nitrogens with one attached hydrogen (secondary N) is 1. The normalized spacial score (nSPS) is 16.9. The van der Waals surface area contributed by atoms with Crippen molar-refractivity contribution in [2.45, 2.75) is 18.2 Å². The maximum Gasteiger partial charge on any atom is 0.237 e. The van der Waals surface area contributed by atoms with Crippen LogP contribution >= 0.6 is 11.8 Å². The number of aryl methyl sites for hydroxylation is 1. The molecule has 6 nitrogen and oxygen atoms in total. The van der Waals surface area contributed by atoms with Crippen molar-refractivity contribution in [2.24, 2.45) is 0 Å². The smallest absolute Gasteiger partial charge is 0.237 e. The Labute approximate surface area is 188 Å². The van der Waals surface area contributed by atoms with Crippen LogP contribution in [-0.2, 0) is 9.59 Å². The first-order valence-electron chi connectivity index (χ1n) is 10.9. The van der Waals surface area contributed by atoms with Crippen LogP contribution in [0, 0.1) is 6.92 Å². The van der Waals surface area contributed by atoms with Gasteiger partial charge in [0.15, 0.2) is 0 Å². The predicted molar refractivity (Wildman–Crippen MR) is 127 cm³/mol. The molecule has 0 unspecified atom stereocenters. The predicted octanol–water partition coefficient (Wildman–Crippen LogP) is 2.76. The van der Waals surface area contributed by atoms with E-state index in [9.17, 15) is 9.59 Å². The lowest BCUT2D eigenvalue weighted by molar-refractivity contribution is -0.121. The van der Waals surface area contributed by atoms with Crippen LogP contribution in [0.4, 0.5) is 11.4 Å². The van der Waals surface area contributed by atoms with Gasteiger partial charge >= 0.3 is 0 Å². The van der Waals surface area contributed by atoms with E-state index in [1.54, 1.807) is 16.7 Å². The molecule has 0 atom stereocenters. The van der Waals surface area contributed by atoms with E-state index in [2.05, 4.69) is 46.3 Å². The third-order valence-corrected chi connectivity index (χ3v) is 6.91. The summed E-state index contributed by atoms with van der Waals surface area (Å²) in [5, 5.41) is 3.02. The molecule has 7 heteroatoms. The van der Waals surface area contributed by atoms with Gasteiger partial charge in [-0.05, 0) is 36.8 Å². The molecule has 2 amide bonds. The molecule has 0 aromatic heterocycles. The van der Waals surface area contributed by atoms with Crippen molar-refractivity contribution in [1.82, 2.24) is 10.2 Å². The number of amides is 2. The molecule has 4 rings (SSSR count). The van der Waals surface area contributed by atoms with Gasteiger partial charge in [0.2, 0.25) is 11.8 Å². The minimum absolute atomic E-state index is 0.00176. The van der Waals surface area contributed by atoms with E-state index in [1.165, 1.54) is 11.3 Å². The molecule has 0 radical (unpaired) electrons. The van der Waals surface area contributed by atoms with Gasteiger partial charge in [0, 0.05) is 62.8 Å². The van der Waals surface area contributed by atoms with Gasteiger partial charge in [-0.3, -0.25) is 14.5 Å². The lowest BCUT2D eigenvalue weighted by Gasteiger charge is -2.36. The Bertz CT molecular complexity index is 927. The van der Waals surface area contributed by atoms with Crippen molar-refractivity contribution in [3.05, 3.63) is 54.1 Å². The van der Waals surface area contributed by atoms with Gasteiger partial charge in [0.05, 0.1) is 11.4 Å². The zero-order valence-corrected chi connectivity index (χ0v) is 18.9. The maximum absolute atomic E-state index is 12.3. The maximum atomic E-state index is 12.3. The first kappa shape index (κ1) is 21.7. The molecular formula is C24H30N4O2S. The van der Waals surface area contributed by atoms with Crippen molar-refractivity contribution in [1.29, 1.82) is 0 Å². The van der Waals surface area contributed by atoms with Crippen molar-refractivity contribution in [3.8, 4) is 0 Å². The second-order valence-corrected chi connectivity index (χ2v) is 9.09. The number of hydrogen-bond donors (Lipinski definition) is 1. The van der Waals surface area contributed by atoms with Crippen molar-refractivity contribution in [2.75, 3.05) is 61.4 Å². The molecule has 164 valence electrons. The largest absolute Gasteiger partial charge is 0.369 e. The fourth-order valence-electron chi connectivity index (χ4n) is 4.11. The number of hydrogen-bond acceptors (Lipinski definition) is 5. The topological polar surface area (TPSA) is 55.9 Å². The Morgan fingerprint density at radius 3 is 2.65 bits per heavy atom. The highest BCUT2D eigenvalue weighted by Gasteiger charge is 2.24. The Kier molecular flexibility index (Phi) is 7.14. The minimum Gasteiger partial charge on any atom is -0.369 e. The van der Waals surface area contributed by atoms with Gasteiger partial charge in [0.25, 0.3) is 0 Å². The van der Waals surface area contributed by atoms with Crippen LogP contribution in [0.25, 0.3) is 0 Å². The Balaban J connectivity index is 1.17. The molecule has 0 spiro atoms. The fraction of sp³-hybridized carbons (Fsp3) is 0.417. The average molecular weight is 439 g/mol. The lowest BCUT2D eigenvalue weighted by Crippen LogP contribution is -2.48. The molecular weight excluding hydrogens is 408 g/mol. The third kappa shape index (κ3) is 5.60. The van der Waals surface area contributed by atoms with E-state index in [-0.39, 0.29) is 11.8 Å². The summed E-state index contributed by atoms with van der Waals surface area (Å²) in [6.45, 7) is 8.07. The van der Waals surface area contributed by atoms with Crippen molar-refractivity contribution < 1.29 is 9.59 Å². The SMILES string of the molecule is Cc1cccc(N2CCN(CCNC(=O)CCN3C(=O)CSc4ccccc43)CC2)c1. The Morgan fingerprint density at radius 2 is 1.84 bits per heavy atom. The number of carbonyl (C=O) groups is 2. The van der Waals surface area contributed by atoms with E-state index in [0.717, 1.165) is 43.3 Å². The highest BCUT2D eigenvalue weighted by atomic mass is 32.2. The molecule has 0 aliphatic carbocycles. The summed E-state index contributed by atoms with van der Waals surface area (Å²) in [6.07, 6.45) is 0.325. The summed E-state index contributed by atoms with van der Waals surface area (Å²) >= 11 is 1.56. The van der Waals surface area contributed by atoms with Gasteiger partial charge in [-0.2, -0.15) is 0 Å². The number of fused-ring (bicyclic) bond motifs is 1. The molecule has 2 aliphatic heterocycles. The number of rotatable bonds is 7. The van der Waals surface area contributed by atoms with Gasteiger partial charge in [-0.1, -0.05) is 24.3 Å². The van der Waals surface area contributed by atoms with E-state index in [0.29, 0.717) is 25.3 Å². The van der Waals surface area contributed by atoms with Crippen molar-refractivity contribution in [3.63, 3.8) is 0 Å². The summed E-state index contributed by atoms with van der Waals surface area (Å²) in [5.74, 6) is 0.512. The number of para-hydroxylation sites is 1. The first-order valence-corrected chi connectivity index (χ1v) is 11.9. The highest BCUT2D eigenvalue weighted by Crippen LogP contribution is 2.34. The molecule has 2 aliphatic rings. The average Bonchev–Trinajstić information content (AvgIpc) is 2.79. The van der Waals surface area contributed by atoms with Crippen molar-refractivity contribution >= 4 is 35.0 Å². The zero-order chi connectivity index (χ0) is 21.6. The summed E-state index contributed by atoms with van der Waals surface area (Å²) in [7, 11) is 0. The zero-order valence-electron chi connectivity index (χ0n) is 18.0. The Morgan fingerprint density at radius 1 is 1.03 bits per heavy atom. The molecule has 2 aromatic rings. The fourth-order valence-corrected chi connectivity index (χ4v) is 5.04. The van der Waals surface area contributed by atoms with E-state index in [1.807, 2.05) is 24.3 Å². The second-order valence-electron chi connectivity index (χ2n) is 8.07. The molecule has 1 N–H and O–H groups in total. The van der Waals surface area contributed by atoms with Crippen LogP contribution in [0.5, 0.6) is 0 Å². The lowest BCUT2D eigenvalue weighted by atomic mass is 10.2. The molecule has 31 heavy (non-hydrogen) atoms. The van der Waals surface area contributed by atoms with Crippen LogP contribution in [0.15, 0.2) is 53.4 Å². The first-order chi connectivity index (χ1) is 15.1. The van der Waals surface area contributed by atoms with Gasteiger partial charge in [-0.25, -0.2) is 0 Å². The third-order valence-electron chi connectivity index (χ3n) is 5.86. The minimum atomic E-state index is 0.00176. The number of carbonyl (C=O) groups excluding carboxylic acids is 2. The number of thioether (sulfide) groups is 1. The highest BCUT2D eigenvalue weighted by molar-refractivity contribution is 8.00. The van der Waals surface area contributed by atoms with Gasteiger partial charge in [0.1, 0.15) is 0 Å². The van der Waals surface area contributed by atoms with Crippen LogP contribution in [0.3, 0.4) is 0 Å². The number of anilines is 2. The van der Waals surface area contributed by atoms with Crippen LogP contribution in [0.1, 0.15) is 12.0 Å². The number of benzene rings is 2. The molecule has 2 aromatic carbocycles.